The molecule has 0 aromatic rings. The average molecular weight is 951 g/mol. The fraction of sp³-hybridized carbons (Fsp3) is 0.360. The van der Waals surface area contributed by atoms with Crippen LogP contribution in [0.4, 0.5) is 0 Å². The van der Waals surface area contributed by atoms with Crippen molar-refractivity contribution >= 4 is 59.5 Å². The number of unbranched alkanes of at least 4 members (excludes halogenated alkanes) is 4. The van der Waals surface area contributed by atoms with Crippen LogP contribution in [-0.4, -0.2) is 119 Å². The van der Waals surface area contributed by atoms with Crippen LogP contribution < -0.4 is 0 Å². The summed E-state index contributed by atoms with van der Waals surface area (Å²) >= 11 is 0. The summed E-state index contributed by atoms with van der Waals surface area (Å²) < 4.78 is 41.6. The standard InChI is InChI=1S/C14H12O6.C12H14O4.C10H10O4.C9H8O4.C5H2O/c1-5-11(15)18-8-14(4,9-19-12(16)6-2)10-20-13(17)7-3;1-3-11(13)15-9-7-5-6-8-10-16-12(14)4-2;1-3-9(11)13-7-5-6-8-14-10(12)4-2;1-3-8(10)12-6-5-7-13-9(11)4-2;1-3-5(6)4-2/h1-3H,8-10H2,4H3;1-2H,5-10H2;1-2H,5-8H2;1-2H,5-7H2;1-2H. The number of carbonyl (C=O) groups is 10. The van der Waals surface area contributed by atoms with Crippen molar-refractivity contribution in [1.82, 2.24) is 0 Å². The van der Waals surface area contributed by atoms with Gasteiger partial charge >= 0.3 is 53.7 Å². The number of ether oxygens (including phenoxy) is 9. The van der Waals surface area contributed by atoms with E-state index in [0.717, 1.165) is 25.7 Å². The first-order chi connectivity index (χ1) is 32.8. The Morgan fingerprint density at radius 3 is 0.623 bits per heavy atom. The van der Waals surface area contributed by atoms with Gasteiger partial charge in [0.05, 0.1) is 45.1 Å². The zero-order chi connectivity index (χ0) is 53.7. The zero-order valence-electron chi connectivity index (χ0n) is 37.4. The SMILES string of the molecule is C#CC(=O)C#C.C#CC(=O)OCC(C)(COC(=O)C#C)COC(=O)C#C.C#CC(=O)OCCCCCCOC(=O)C#C.C#CC(=O)OCCCCOC(=O)C#C.C#CC(=O)OCCCOC(=O)C#C. The van der Waals surface area contributed by atoms with E-state index in [1.165, 1.54) is 6.92 Å². The van der Waals surface area contributed by atoms with Crippen molar-refractivity contribution in [3.8, 4) is 136 Å². The van der Waals surface area contributed by atoms with E-state index in [2.05, 4.69) is 41.3 Å². The van der Waals surface area contributed by atoms with E-state index in [1.54, 1.807) is 41.4 Å². The predicted octanol–water partition coefficient (Wildman–Crippen LogP) is 0.0921. The van der Waals surface area contributed by atoms with Gasteiger partial charge in [-0.05, 0) is 57.3 Å². The molecule has 0 bridgehead atoms. The highest BCUT2D eigenvalue weighted by atomic mass is 16.6. The van der Waals surface area contributed by atoms with Crippen molar-refractivity contribution in [3.05, 3.63) is 0 Å². The van der Waals surface area contributed by atoms with Gasteiger partial charge in [0.25, 0.3) is 5.78 Å². The smallest absolute Gasteiger partial charge is 0.384 e. The minimum Gasteiger partial charge on any atom is -0.456 e. The molecular formula is C50H46O19. The molecule has 0 unspecified atom stereocenters. The number of hydrogen-bond acceptors (Lipinski definition) is 19. The van der Waals surface area contributed by atoms with E-state index in [1.807, 2.05) is 23.7 Å². The Bertz CT molecular complexity index is 2020. The Labute approximate surface area is 401 Å². The maximum Gasteiger partial charge on any atom is 0.384 e. The highest BCUT2D eigenvalue weighted by molar-refractivity contribution is 6.07. The van der Waals surface area contributed by atoms with Gasteiger partial charge < -0.3 is 42.6 Å². The zero-order valence-corrected chi connectivity index (χ0v) is 37.4. The molecule has 0 aromatic heterocycles. The normalized spacial score (nSPS) is 8.26. The molecule has 19 heteroatoms. The van der Waals surface area contributed by atoms with Crippen LogP contribution in [-0.2, 0) is 90.6 Å². The third-order valence-electron chi connectivity index (χ3n) is 6.24. The average Bonchev–Trinajstić information content (AvgIpc) is 3.37. The molecule has 0 rings (SSSR count). The molecule has 0 heterocycles. The van der Waals surface area contributed by atoms with Crippen LogP contribution in [0.5, 0.6) is 0 Å². The third-order valence-corrected chi connectivity index (χ3v) is 6.24. The monoisotopic (exact) mass is 950 g/mol. The number of carbonyl (C=O) groups excluding carboxylic acids is 10. The van der Waals surface area contributed by atoms with Gasteiger partial charge in [0.15, 0.2) is 0 Å². The van der Waals surface area contributed by atoms with Gasteiger partial charge in [-0.3, -0.25) is 4.79 Å². The van der Waals surface area contributed by atoms with Crippen LogP contribution >= 0.6 is 0 Å². The lowest BCUT2D eigenvalue weighted by atomic mass is 9.94. The highest BCUT2D eigenvalue weighted by Crippen LogP contribution is 2.19. The highest BCUT2D eigenvalue weighted by Gasteiger charge is 2.30. The molecule has 0 radical (unpaired) electrons. The third kappa shape index (κ3) is 54.1. The minimum absolute atomic E-state index is 0.112. The van der Waals surface area contributed by atoms with Crippen LogP contribution in [0.25, 0.3) is 0 Å². The van der Waals surface area contributed by atoms with Gasteiger partial charge in [-0.15, -0.1) is 70.7 Å². The molecule has 0 spiro atoms. The summed E-state index contributed by atoms with van der Waals surface area (Å²) in [6.07, 6.45) is 56.9. The Morgan fingerprint density at radius 2 is 0.449 bits per heavy atom. The minimum atomic E-state index is -1.02. The molecule has 0 aliphatic rings. The number of hydrogen-bond donors (Lipinski definition) is 0. The number of terminal acetylenes is 11. The summed E-state index contributed by atoms with van der Waals surface area (Å²) in [7, 11) is 0. The van der Waals surface area contributed by atoms with Crippen molar-refractivity contribution in [1.29, 1.82) is 0 Å². The summed E-state index contributed by atoms with van der Waals surface area (Å²) in [4.78, 5) is 105. The van der Waals surface area contributed by atoms with Gasteiger partial charge in [0.2, 0.25) is 0 Å². The molecule has 0 saturated carbocycles. The topological polar surface area (TPSA) is 254 Å². The molecule has 69 heavy (non-hydrogen) atoms. The van der Waals surface area contributed by atoms with Crippen LogP contribution in [0.2, 0.25) is 0 Å². The van der Waals surface area contributed by atoms with Crippen molar-refractivity contribution in [3.63, 3.8) is 0 Å². The van der Waals surface area contributed by atoms with Gasteiger partial charge in [0.1, 0.15) is 19.8 Å². The van der Waals surface area contributed by atoms with Gasteiger partial charge in [-0.2, -0.15) is 0 Å². The second-order valence-corrected chi connectivity index (χ2v) is 11.7. The Morgan fingerprint density at radius 1 is 0.275 bits per heavy atom. The maximum atomic E-state index is 10.9. The van der Waals surface area contributed by atoms with Gasteiger partial charge in [0, 0.05) is 59.7 Å². The number of ketones is 1. The van der Waals surface area contributed by atoms with Crippen LogP contribution in [0, 0.1) is 141 Å². The Kier molecular flexibility index (Phi) is 48.5. The molecule has 0 aromatic carbocycles. The maximum absolute atomic E-state index is 10.9. The predicted molar refractivity (Wildman–Crippen MR) is 241 cm³/mol. The van der Waals surface area contributed by atoms with Crippen molar-refractivity contribution in [2.45, 2.75) is 51.9 Å². The fourth-order valence-corrected chi connectivity index (χ4v) is 3.07. The first-order valence-electron chi connectivity index (χ1n) is 19.0. The van der Waals surface area contributed by atoms with E-state index in [4.69, 9.17) is 72.0 Å². The summed E-state index contributed by atoms with van der Waals surface area (Å²) in [5, 5.41) is 0. The molecule has 0 saturated heterocycles. The number of esters is 9. The molecule has 0 amide bonds. The summed E-state index contributed by atoms with van der Waals surface area (Å²) in [6.45, 7) is 2.11. The van der Waals surface area contributed by atoms with Gasteiger partial charge in [-0.1, -0.05) is 0 Å². The van der Waals surface area contributed by atoms with E-state index < -0.39 is 64.9 Å². The van der Waals surface area contributed by atoms with Crippen LogP contribution in [0.3, 0.4) is 0 Å². The second-order valence-electron chi connectivity index (χ2n) is 11.7. The Hall–Kier alpha value is -9.94. The van der Waals surface area contributed by atoms with E-state index in [0.29, 0.717) is 32.5 Å². The lowest BCUT2D eigenvalue weighted by Crippen LogP contribution is -2.36. The molecule has 0 N–H and O–H groups in total. The summed E-state index contributed by atoms with van der Waals surface area (Å²) in [5.74, 6) is 12.2. The molecule has 19 nitrogen and oxygen atoms in total. The van der Waals surface area contributed by atoms with Crippen LogP contribution in [0.1, 0.15) is 51.9 Å². The summed E-state index contributed by atoms with van der Waals surface area (Å²) in [5.41, 5.74) is -1.02. The molecule has 0 atom stereocenters. The lowest BCUT2D eigenvalue weighted by molar-refractivity contribution is -0.153. The lowest BCUT2D eigenvalue weighted by Gasteiger charge is -2.26. The number of rotatable bonds is 22. The van der Waals surface area contributed by atoms with Crippen molar-refractivity contribution < 1.29 is 90.6 Å². The van der Waals surface area contributed by atoms with E-state index in [9.17, 15) is 47.9 Å². The second kappa shape index (κ2) is 49.1. The molecule has 0 aliphatic heterocycles. The van der Waals surface area contributed by atoms with Crippen molar-refractivity contribution in [2.75, 3.05) is 59.5 Å². The molecular weight excluding hydrogens is 905 g/mol. The number of Topliss-reactive ketones (excluding diaryl/α,β-unsaturated/α-hetero) is 1. The van der Waals surface area contributed by atoms with Crippen LogP contribution in [0.15, 0.2) is 0 Å². The van der Waals surface area contributed by atoms with E-state index >= 15 is 0 Å². The quantitative estimate of drug-likeness (QED) is 0.0348. The molecule has 0 aliphatic carbocycles. The first kappa shape index (κ1) is 68.1. The summed E-state index contributed by atoms with van der Waals surface area (Å²) in [6, 6.07) is 0. The fourth-order valence-electron chi connectivity index (χ4n) is 3.07. The first-order valence-corrected chi connectivity index (χ1v) is 19.0. The van der Waals surface area contributed by atoms with E-state index in [-0.39, 0.29) is 46.2 Å². The Balaban J connectivity index is -0.000000256. The molecule has 360 valence electrons. The van der Waals surface area contributed by atoms with Crippen molar-refractivity contribution in [2.24, 2.45) is 5.41 Å². The molecule has 0 fully saturated rings. The van der Waals surface area contributed by atoms with Gasteiger partial charge in [-0.25, -0.2) is 43.2 Å². The largest absolute Gasteiger partial charge is 0.456 e.